The third-order valence-corrected chi connectivity index (χ3v) is 4.37. The van der Waals surface area contributed by atoms with Crippen LogP contribution in [0.4, 0.5) is 5.69 Å². The van der Waals surface area contributed by atoms with E-state index in [2.05, 4.69) is 72.1 Å². The van der Waals surface area contributed by atoms with E-state index in [0.29, 0.717) is 5.11 Å². The van der Waals surface area contributed by atoms with E-state index in [1.165, 1.54) is 27.6 Å². The zero-order valence-corrected chi connectivity index (χ0v) is 14.3. The Balaban J connectivity index is 1.54. The van der Waals surface area contributed by atoms with Crippen LogP contribution in [-0.2, 0) is 6.42 Å². The minimum absolute atomic E-state index is 0.660. The number of benzene rings is 2. The number of aryl methyl sites for hydroxylation is 2. The monoisotopic (exact) mass is 323 g/mol. The first-order valence-corrected chi connectivity index (χ1v) is 8.21. The van der Waals surface area contributed by atoms with Gasteiger partial charge in [-0.1, -0.05) is 24.3 Å². The Labute approximate surface area is 142 Å². The van der Waals surface area contributed by atoms with E-state index in [4.69, 9.17) is 12.2 Å². The fraction of sp³-hybridized carbons (Fsp3) is 0.211. The predicted molar refractivity (Wildman–Crippen MR) is 102 cm³/mol. The summed E-state index contributed by atoms with van der Waals surface area (Å²) in [5.41, 5.74) is 6.06. The third kappa shape index (κ3) is 3.71. The molecule has 1 heterocycles. The maximum Gasteiger partial charge on any atom is 0.170 e. The van der Waals surface area contributed by atoms with Gasteiger partial charge in [-0.15, -0.1) is 0 Å². The molecule has 0 fully saturated rings. The van der Waals surface area contributed by atoms with Crippen LogP contribution < -0.4 is 10.6 Å². The van der Waals surface area contributed by atoms with Crippen molar-refractivity contribution in [3.05, 3.63) is 65.4 Å². The summed E-state index contributed by atoms with van der Waals surface area (Å²) in [6.45, 7) is 5.02. The number of aromatic amines is 1. The Morgan fingerprint density at radius 3 is 2.74 bits per heavy atom. The lowest BCUT2D eigenvalue weighted by atomic mass is 10.1. The second-order valence-corrected chi connectivity index (χ2v) is 6.20. The summed E-state index contributed by atoms with van der Waals surface area (Å²) in [5, 5.41) is 8.45. The Hall–Kier alpha value is -2.33. The number of fused-ring (bicyclic) bond motifs is 1. The molecule has 2 aromatic carbocycles. The molecule has 0 spiro atoms. The molecule has 1 aromatic heterocycles. The Morgan fingerprint density at radius 1 is 1.09 bits per heavy atom. The number of rotatable bonds is 4. The topological polar surface area (TPSA) is 39.8 Å². The zero-order valence-electron chi connectivity index (χ0n) is 13.4. The first kappa shape index (κ1) is 15.6. The Morgan fingerprint density at radius 2 is 1.91 bits per heavy atom. The van der Waals surface area contributed by atoms with Crippen LogP contribution in [0.1, 0.15) is 16.7 Å². The van der Waals surface area contributed by atoms with Crippen molar-refractivity contribution < 1.29 is 0 Å². The Bertz CT molecular complexity index is 836. The van der Waals surface area contributed by atoms with Crippen LogP contribution in [0.3, 0.4) is 0 Å². The predicted octanol–water partition coefficient (Wildman–Crippen LogP) is 4.31. The van der Waals surface area contributed by atoms with Gasteiger partial charge in [0.05, 0.1) is 0 Å². The second kappa shape index (κ2) is 6.84. The van der Waals surface area contributed by atoms with Crippen LogP contribution in [0, 0.1) is 13.8 Å². The second-order valence-electron chi connectivity index (χ2n) is 5.79. The molecule has 0 saturated heterocycles. The number of hydrogen-bond donors (Lipinski definition) is 3. The molecule has 0 aliphatic carbocycles. The molecule has 0 bridgehead atoms. The molecule has 0 unspecified atom stereocenters. The highest BCUT2D eigenvalue weighted by Crippen LogP contribution is 2.18. The summed E-state index contributed by atoms with van der Waals surface area (Å²) in [7, 11) is 0. The highest BCUT2D eigenvalue weighted by molar-refractivity contribution is 7.80. The van der Waals surface area contributed by atoms with Crippen molar-refractivity contribution in [2.45, 2.75) is 20.3 Å². The van der Waals surface area contributed by atoms with E-state index in [-0.39, 0.29) is 0 Å². The Kier molecular flexibility index (Phi) is 4.63. The summed E-state index contributed by atoms with van der Waals surface area (Å²) < 4.78 is 0. The standard InChI is InChI=1S/C19H21N3S/c1-13-7-8-16(11-14(13)2)22-19(23)20-10-9-15-12-21-18-6-4-3-5-17(15)18/h3-8,11-12,21H,9-10H2,1-2H3,(H2,20,22,23). The molecule has 0 radical (unpaired) electrons. The molecule has 0 aliphatic rings. The first-order chi connectivity index (χ1) is 11.1. The first-order valence-electron chi connectivity index (χ1n) is 7.80. The lowest BCUT2D eigenvalue weighted by molar-refractivity contribution is 0.878. The number of para-hydroxylation sites is 1. The minimum atomic E-state index is 0.660. The van der Waals surface area contributed by atoms with E-state index in [1.807, 2.05) is 6.07 Å². The van der Waals surface area contributed by atoms with Crippen LogP contribution in [0.2, 0.25) is 0 Å². The average Bonchev–Trinajstić information content (AvgIpc) is 2.94. The SMILES string of the molecule is Cc1ccc(NC(=S)NCCc2c[nH]c3ccccc23)cc1C. The maximum absolute atomic E-state index is 5.37. The van der Waals surface area contributed by atoms with Gasteiger partial charge in [0.15, 0.2) is 5.11 Å². The van der Waals surface area contributed by atoms with E-state index < -0.39 is 0 Å². The molecule has 0 saturated carbocycles. The summed E-state index contributed by atoms with van der Waals surface area (Å²) in [6, 6.07) is 14.6. The number of H-pyrrole nitrogens is 1. The summed E-state index contributed by atoms with van der Waals surface area (Å²) >= 11 is 5.37. The van der Waals surface area contributed by atoms with Gasteiger partial charge in [0.25, 0.3) is 0 Å². The van der Waals surface area contributed by atoms with E-state index >= 15 is 0 Å². The fourth-order valence-electron chi connectivity index (χ4n) is 2.64. The molecule has 3 aromatic rings. The van der Waals surface area contributed by atoms with Crippen molar-refractivity contribution in [3.63, 3.8) is 0 Å². The minimum Gasteiger partial charge on any atom is -0.362 e. The molecular formula is C19H21N3S. The van der Waals surface area contributed by atoms with Crippen molar-refractivity contribution in [1.82, 2.24) is 10.3 Å². The molecule has 23 heavy (non-hydrogen) atoms. The van der Waals surface area contributed by atoms with Gasteiger partial charge in [-0.05, 0) is 67.4 Å². The zero-order chi connectivity index (χ0) is 16.2. The lowest BCUT2D eigenvalue weighted by Gasteiger charge is -2.11. The molecule has 0 amide bonds. The van der Waals surface area contributed by atoms with E-state index in [1.54, 1.807) is 0 Å². The van der Waals surface area contributed by atoms with Crippen LogP contribution in [0.15, 0.2) is 48.7 Å². The smallest absolute Gasteiger partial charge is 0.170 e. The number of hydrogen-bond acceptors (Lipinski definition) is 1. The van der Waals surface area contributed by atoms with Gasteiger partial charge in [-0.3, -0.25) is 0 Å². The number of aromatic nitrogens is 1. The van der Waals surface area contributed by atoms with Crippen molar-refractivity contribution >= 4 is 33.9 Å². The van der Waals surface area contributed by atoms with Gasteiger partial charge in [-0.2, -0.15) is 0 Å². The van der Waals surface area contributed by atoms with Crippen LogP contribution in [0.25, 0.3) is 10.9 Å². The van der Waals surface area contributed by atoms with E-state index in [9.17, 15) is 0 Å². The summed E-state index contributed by atoms with van der Waals surface area (Å²) in [5.74, 6) is 0. The molecule has 4 heteroatoms. The molecular weight excluding hydrogens is 302 g/mol. The highest BCUT2D eigenvalue weighted by Gasteiger charge is 2.03. The number of nitrogens with one attached hydrogen (secondary N) is 3. The number of thiocarbonyl (C=S) groups is 1. The molecule has 3 nitrogen and oxygen atoms in total. The van der Waals surface area contributed by atoms with Gasteiger partial charge in [0.2, 0.25) is 0 Å². The van der Waals surface area contributed by atoms with Gasteiger partial charge < -0.3 is 15.6 Å². The molecule has 0 aliphatic heterocycles. The van der Waals surface area contributed by atoms with Gasteiger partial charge in [0, 0.05) is 29.3 Å². The molecule has 3 rings (SSSR count). The maximum atomic E-state index is 5.37. The quantitative estimate of drug-likeness (QED) is 0.626. The lowest BCUT2D eigenvalue weighted by Crippen LogP contribution is -2.30. The number of anilines is 1. The summed E-state index contributed by atoms with van der Waals surface area (Å²) in [4.78, 5) is 3.30. The van der Waals surface area contributed by atoms with Gasteiger partial charge in [0.1, 0.15) is 0 Å². The van der Waals surface area contributed by atoms with Crippen molar-refractivity contribution in [2.24, 2.45) is 0 Å². The molecule has 3 N–H and O–H groups in total. The average molecular weight is 323 g/mol. The van der Waals surface area contributed by atoms with Crippen molar-refractivity contribution in [1.29, 1.82) is 0 Å². The van der Waals surface area contributed by atoms with Crippen molar-refractivity contribution in [2.75, 3.05) is 11.9 Å². The summed E-state index contributed by atoms with van der Waals surface area (Å²) in [6.07, 6.45) is 3.00. The third-order valence-electron chi connectivity index (χ3n) is 4.12. The molecule has 118 valence electrons. The largest absolute Gasteiger partial charge is 0.362 e. The fourth-order valence-corrected chi connectivity index (χ4v) is 2.86. The van der Waals surface area contributed by atoms with Crippen molar-refractivity contribution in [3.8, 4) is 0 Å². The van der Waals surface area contributed by atoms with Gasteiger partial charge >= 0.3 is 0 Å². The van der Waals surface area contributed by atoms with Crippen LogP contribution in [-0.4, -0.2) is 16.6 Å². The highest BCUT2D eigenvalue weighted by atomic mass is 32.1. The molecule has 0 atom stereocenters. The van der Waals surface area contributed by atoms with E-state index in [0.717, 1.165) is 18.7 Å². The van der Waals surface area contributed by atoms with Crippen LogP contribution in [0.5, 0.6) is 0 Å². The normalized spacial score (nSPS) is 10.7. The van der Waals surface area contributed by atoms with Gasteiger partial charge in [-0.25, -0.2) is 0 Å². The van der Waals surface area contributed by atoms with Crippen LogP contribution >= 0.6 is 12.2 Å².